The van der Waals surface area contributed by atoms with Gasteiger partial charge in [0.15, 0.2) is 0 Å². The lowest BCUT2D eigenvalue weighted by molar-refractivity contribution is -0.148. The van der Waals surface area contributed by atoms with Crippen LogP contribution in [0.5, 0.6) is 0 Å². The normalized spacial score (nSPS) is 32.3. The Morgan fingerprint density at radius 2 is 2.16 bits per heavy atom. The predicted octanol–water partition coefficient (Wildman–Crippen LogP) is 1.79. The summed E-state index contributed by atoms with van der Waals surface area (Å²) in [4.78, 5) is 26.2. The smallest absolute Gasteiger partial charge is 0.245 e. The summed E-state index contributed by atoms with van der Waals surface area (Å²) in [5, 5.41) is 3.35. The van der Waals surface area contributed by atoms with Crippen LogP contribution < -0.4 is 5.32 Å². The fourth-order valence-electron chi connectivity index (χ4n) is 2.79. The molecular formula is C14H24N2O2S. The summed E-state index contributed by atoms with van der Waals surface area (Å²) in [6.07, 6.45) is 5.35. The van der Waals surface area contributed by atoms with Crippen molar-refractivity contribution < 1.29 is 9.59 Å². The summed E-state index contributed by atoms with van der Waals surface area (Å²) in [5.74, 6) is 1.30. The minimum Gasteiger partial charge on any atom is -0.343 e. The first-order chi connectivity index (χ1) is 9.13. The number of thioether (sulfide) groups is 1. The predicted molar refractivity (Wildman–Crippen MR) is 78.1 cm³/mol. The summed E-state index contributed by atoms with van der Waals surface area (Å²) >= 11 is 1.95. The number of carbonyl (C=O) groups is 2. The summed E-state index contributed by atoms with van der Waals surface area (Å²) in [6.45, 7) is 4.61. The number of piperazine rings is 1. The van der Waals surface area contributed by atoms with E-state index in [0.29, 0.717) is 5.25 Å². The molecule has 2 fully saturated rings. The van der Waals surface area contributed by atoms with Crippen molar-refractivity contribution in [3.8, 4) is 0 Å². The van der Waals surface area contributed by atoms with Crippen LogP contribution in [0.3, 0.4) is 0 Å². The van der Waals surface area contributed by atoms with Crippen LogP contribution in [-0.4, -0.2) is 46.3 Å². The molecule has 0 aromatic carbocycles. The van der Waals surface area contributed by atoms with E-state index in [1.54, 1.807) is 0 Å². The van der Waals surface area contributed by atoms with Gasteiger partial charge in [-0.3, -0.25) is 9.59 Å². The fraction of sp³-hybridized carbons (Fsp3) is 0.857. The Hall–Kier alpha value is -0.710. The van der Waals surface area contributed by atoms with Gasteiger partial charge in [-0.2, -0.15) is 11.8 Å². The average molecular weight is 284 g/mol. The monoisotopic (exact) mass is 284 g/mol. The molecule has 0 aliphatic carbocycles. The zero-order valence-corrected chi connectivity index (χ0v) is 12.7. The molecule has 0 bridgehead atoms. The van der Waals surface area contributed by atoms with Gasteiger partial charge in [-0.05, 0) is 31.9 Å². The van der Waals surface area contributed by atoms with Gasteiger partial charge in [0.2, 0.25) is 11.8 Å². The molecule has 2 rings (SSSR count). The highest BCUT2D eigenvalue weighted by atomic mass is 32.2. The van der Waals surface area contributed by atoms with Crippen LogP contribution >= 0.6 is 11.8 Å². The van der Waals surface area contributed by atoms with Crippen LogP contribution in [0.1, 0.15) is 46.0 Å². The third-order valence-corrected chi connectivity index (χ3v) is 5.38. The van der Waals surface area contributed by atoms with E-state index in [-0.39, 0.29) is 23.9 Å². The molecule has 0 radical (unpaired) electrons. The molecule has 0 aromatic rings. The topological polar surface area (TPSA) is 49.4 Å². The third-order valence-electron chi connectivity index (χ3n) is 4.00. The van der Waals surface area contributed by atoms with Crippen molar-refractivity contribution >= 4 is 23.6 Å². The second kappa shape index (κ2) is 6.64. The molecule has 0 spiro atoms. The van der Waals surface area contributed by atoms with E-state index in [1.165, 1.54) is 25.0 Å². The molecule has 4 nitrogen and oxygen atoms in total. The zero-order chi connectivity index (χ0) is 13.8. The largest absolute Gasteiger partial charge is 0.343 e. The van der Waals surface area contributed by atoms with E-state index in [0.717, 1.165) is 19.4 Å². The Labute approximate surface area is 119 Å². The molecule has 2 heterocycles. The van der Waals surface area contributed by atoms with Crippen LogP contribution in [0.2, 0.25) is 0 Å². The molecule has 1 N–H and O–H groups in total. The summed E-state index contributed by atoms with van der Waals surface area (Å²) in [7, 11) is 0. The quantitative estimate of drug-likeness (QED) is 0.856. The summed E-state index contributed by atoms with van der Waals surface area (Å²) in [6, 6.07) is -0.620. The molecule has 108 valence electrons. The minimum absolute atomic E-state index is 0.00106. The van der Waals surface area contributed by atoms with Crippen molar-refractivity contribution in [2.75, 3.05) is 12.3 Å². The van der Waals surface area contributed by atoms with Crippen molar-refractivity contribution in [3.05, 3.63) is 0 Å². The number of amides is 2. The molecule has 3 atom stereocenters. The Morgan fingerprint density at radius 3 is 2.79 bits per heavy atom. The molecule has 2 saturated heterocycles. The Kier molecular flexibility index (Phi) is 5.13. The first-order valence-corrected chi connectivity index (χ1v) is 8.40. The molecule has 2 aliphatic heterocycles. The summed E-state index contributed by atoms with van der Waals surface area (Å²) < 4.78 is 0. The third kappa shape index (κ3) is 3.44. The second-order valence-electron chi connectivity index (χ2n) is 5.51. The van der Waals surface area contributed by atoms with Gasteiger partial charge in [0.05, 0.1) is 0 Å². The molecule has 3 unspecified atom stereocenters. The van der Waals surface area contributed by atoms with Gasteiger partial charge in [0.1, 0.15) is 12.1 Å². The van der Waals surface area contributed by atoms with E-state index in [4.69, 9.17) is 0 Å². The Balaban J connectivity index is 2.02. The van der Waals surface area contributed by atoms with Gasteiger partial charge in [-0.15, -0.1) is 0 Å². The Morgan fingerprint density at radius 1 is 1.37 bits per heavy atom. The molecule has 5 heteroatoms. The first-order valence-electron chi connectivity index (χ1n) is 7.36. The van der Waals surface area contributed by atoms with Gasteiger partial charge in [-0.1, -0.05) is 19.8 Å². The second-order valence-corrected chi connectivity index (χ2v) is 6.91. The van der Waals surface area contributed by atoms with E-state index in [2.05, 4.69) is 5.32 Å². The van der Waals surface area contributed by atoms with Crippen molar-refractivity contribution in [1.82, 2.24) is 10.2 Å². The lowest BCUT2D eigenvalue weighted by atomic mass is 10.0. The van der Waals surface area contributed by atoms with Crippen molar-refractivity contribution in [2.24, 2.45) is 0 Å². The molecular weight excluding hydrogens is 260 g/mol. The Bertz CT molecular complexity index is 342. The van der Waals surface area contributed by atoms with Crippen LogP contribution in [0.15, 0.2) is 0 Å². The standard InChI is InChI=1S/C14H24N2O2S/c1-3-6-12-14(18)16(10(2)13(17)15-12)9-11-7-4-5-8-19-11/h10-12H,3-9H2,1-2H3,(H,15,17). The molecule has 19 heavy (non-hydrogen) atoms. The number of hydrogen-bond acceptors (Lipinski definition) is 3. The lowest BCUT2D eigenvalue weighted by Crippen LogP contribution is -2.63. The zero-order valence-electron chi connectivity index (χ0n) is 11.9. The molecule has 2 aliphatic rings. The number of nitrogens with one attached hydrogen (secondary N) is 1. The van der Waals surface area contributed by atoms with Crippen molar-refractivity contribution in [1.29, 1.82) is 0 Å². The van der Waals surface area contributed by atoms with Gasteiger partial charge in [0.25, 0.3) is 0 Å². The highest BCUT2D eigenvalue weighted by Gasteiger charge is 2.38. The van der Waals surface area contributed by atoms with E-state index < -0.39 is 0 Å². The maximum absolute atomic E-state index is 12.4. The SMILES string of the molecule is CCCC1NC(=O)C(C)N(CC2CCCCS2)C1=O. The first kappa shape index (κ1) is 14.7. The highest BCUT2D eigenvalue weighted by molar-refractivity contribution is 7.99. The van der Waals surface area contributed by atoms with Gasteiger partial charge in [-0.25, -0.2) is 0 Å². The molecule has 0 aromatic heterocycles. The average Bonchev–Trinajstić information content (AvgIpc) is 2.42. The number of rotatable bonds is 4. The van der Waals surface area contributed by atoms with Crippen molar-refractivity contribution in [2.45, 2.75) is 63.3 Å². The van der Waals surface area contributed by atoms with Crippen LogP contribution in [-0.2, 0) is 9.59 Å². The van der Waals surface area contributed by atoms with Gasteiger partial charge in [0, 0.05) is 11.8 Å². The van der Waals surface area contributed by atoms with Crippen LogP contribution in [0, 0.1) is 0 Å². The summed E-state index contributed by atoms with van der Waals surface area (Å²) in [5.41, 5.74) is 0. The van der Waals surface area contributed by atoms with Crippen LogP contribution in [0.4, 0.5) is 0 Å². The van der Waals surface area contributed by atoms with Gasteiger partial charge >= 0.3 is 0 Å². The highest BCUT2D eigenvalue weighted by Crippen LogP contribution is 2.27. The van der Waals surface area contributed by atoms with Crippen LogP contribution in [0.25, 0.3) is 0 Å². The van der Waals surface area contributed by atoms with E-state index in [9.17, 15) is 9.59 Å². The van der Waals surface area contributed by atoms with Gasteiger partial charge < -0.3 is 10.2 Å². The molecule has 2 amide bonds. The van der Waals surface area contributed by atoms with E-state index >= 15 is 0 Å². The maximum Gasteiger partial charge on any atom is 0.245 e. The van der Waals surface area contributed by atoms with Crippen molar-refractivity contribution in [3.63, 3.8) is 0 Å². The van der Waals surface area contributed by atoms with E-state index in [1.807, 2.05) is 30.5 Å². The fourth-order valence-corrected chi connectivity index (χ4v) is 4.09. The maximum atomic E-state index is 12.4. The number of hydrogen-bond donors (Lipinski definition) is 1. The lowest BCUT2D eigenvalue weighted by Gasteiger charge is -2.39. The number of carbonyl (C=O) groups excluding carboxylic acids is 2. The number of nitrogens with zero attached hydrogens (tertiary/aromatic N) is 1. The minimum atomic E-state index is -0.317. The molecule has 0 saturated carbocycles.